The maximum absolute atomic E-state index is 12.4. The maximum atomic E-state index is 12.4. The minimum atomic E-state index is -0.0606. The van der Waals surface area contributed by atoms with Crippen LogP contribution in [0.1, 0.15) is 28.1 Å². The van der Waals surface area contributed by atoms with Gasteiger partial charge in [-0.3, -0.25) is 9.69 Å². The summed E-state index contributed by atoms with van der Waals surface area (Å²) in [7, 11) is 0. The average molecular weight is 388 g/mol. The number of benzene rings is 1. The van der Waals surface area contributed by atoms with Gasteiger partial charge in [0.2, 0.25) is 0 Å². The molecule has 27 heavy (non-hydrogen) atoms. The lowest BCUT2D eigenvalue weighted by atomic mass is 9.96. The molecule has 1 amide bonds. The highest BCUT2D eigenvalue weighted by Gasteiger charge is 2.21. The molecule has 2 aromatic rings. The molecule has 4 rings (SSSR count). The monoisotopic (exact) mass is 388 g/mol. The number of nitrogens with zero attached hydrogens (tertiary/aromatic N) is 2. The van der Waals surface area contributed by atoms with Gasteiger partial charge in [-0.2, -0.15) is 0 Å². The Morgan fingerprint density at radius 1 is 1.26 bits per heavy atom. The molecule has 0 radical (unpaired) electrons. The van der Waals surface area contributed by atoms with Crippen LogP contribution in [0.3, 0.4) is 0 Å². The number of likely N-dealkylation sites (tertiary alicyclic amines) is 1. The summed E-state index contributed by atoms with van der Waals surface area (Å²) in [6.45, 7) is 4.74. The summed E-state index contributed by atoms with van der Waals surface area (Å²) in [6.07, 6.45) is 4.02. The number of amides is 1. The third kappa shape index (κ3) is 4.51. The molecule has 3 N–H and O–H groups in total. The Morgan fingerprint density at radius 3 is 2.78 bits per heavy atom. The number of ether oxygens (including phenoxy) is 2. The van der Waals surface area contributed by atoms with E-state index in [0.717, 1.165) is 32.5 Å². The molecular formula is C19H24N4O3S. The Hall–Kier alpha value is -2.32. The first kappa shape index (κ1) is 18.1. The molecule has 144 valence electrons. The van der Waals surface area contributed by atoms with Crippen molar-refractivity contribution in [2.75, 3.05) is 38.6 Å². The van der Waals surface area contributed by atoms with Crippen LogP contribution in [-0.2, 0) is 6.54 Å². The first-order chi connectivity index (χ1) is 13.2. The fourth-order valence-corrected chi connectivity index (χ4v) is 4.22. The zero-order valence-electron chi connectivity index (χ0n) is 15.1. The fraction of sp³-hybridized carbons (Fsp3) is 0.474. The first-order valence-corrected chi connectivity index (χ1v) is 10.1. The van der Waals surface area contributed by atoms with Gasteiger partial charge in [-0.1, -0.05) is 0 Å². The van der Waals surface area contributed by atoms with E-state index >= 15 is 0 Å². The first-order valence-electron chi connectivity index (χ1n) is 9.28. The molecule has 0 atom stereocenters. The van der Waals surface area contributed by atoms with E-state index < -0.39 is 0 Å². The van der Waals surface area contributed by atoms with E-state index in [1.54, 1.807) is 29.5 Å². The largest absolute Gasteiger partial charge is 0.486 e. The highest BCUT2D eigenvalue weighted by atomic mass is 32.1. The molecule has 1 aromatic carbocycles. The minimum absolute atomic E-state index is 0.0606. The summed E-state index contributed by atoms with van der Waals surface area (Å²) in [5.41, 5.74) is 6.30. The van der Waals surface area contributed by atoms with Crippen molar-refractivity contribution in [2.24, 2.45) is 5.92 Å². The number of hydrogen-bond acceptors (Lipinski definition) is 7. The van der Waals surface area contributed by atoms with Crippen molar-refractivity contribution in [1.82, 2.24) is 15.2 Å². The van der Waals surface area contributed by atoms with E-state index in [1.165, 1.54) is 4.88 Å². The molecule has 1 fully saturated rings. The number of nitrogens with two attached hydrogens (primary N) is 1. The number of nitrogen functional groups attached to an aromatic ring is 1. The highest BCUT2D eigenvalue weighted by Crippen LogP contribution is 2.30. The molecule has 0 bridgehead atoms. The second kappa shape index (κ2) is 8.14. The van der Waals surface area contributed by atoms with Crippen LogP contribution in [-0.4, -0.2) is 48.6 Å². The summed E-state index contributed by atoms with van der Waals surface area (Å²) in [4.78, 5) is 20.2. The van der Waals surface area contributed by atoms with Crippen molar-refractivity contribution >= 4 is 22.4 Å². The van der Waals surface area contributed by atoms with Crippen LogP contribution in [0.2, 0.25) is 0 Å². The van der Waals surface area contributed by atoms with Gasteiger partial charge < -0.3 is 20.5 Å². The molecule has 3 heterocycles. The molecule has 2 aliphatic rings. The number of hydrogen-bond donors (Lipinski definition) is 2. The summed E-state index contributed by atoms with van der Waals surface area (Å²) >= 11 is 1.55. The van der Waals surface area contributed by atoms with Crippen LogP contribution in [0.5, 0.6) is 11.5 Å². The molecule has 0 saturated carbocycles. The highest BCUT2D eigenvalue weighted by molar-refractivity contribution is 7.15. The number of nitrogens with one attached hydrogen (secondary N) is 1. The second-order valence-electron chi connectivity index (χ2n) is 6.95. The van der Waals surface area contributed by atoms with Crippen LogP contribution in [0.25, 0.3) is 0 Å². The number of carbonyl (C=O) groups is 1. The zero-order chi connectivity index (χ0) is 18.6. The summed E-state index contributed by atoms with van der Waals surface area (Å²) < 4.78 is 11.0. The lowest BCUT2D eigenvalue weighted by molar-refractivity contribution is 0.0934. The van der Waals surface area contributed by atoms with Gasteiger partial charge in [-0.25, -0.2) is 4.98 Å². The third-order valence-electron chi connectivity index (χ3n) is 5.01. The summed E-state index contributed by atoms with van der Waals surface area (Å²) in [6, 6.07) is 5.34. The topological polar surface area (TPSA) is 89.7 Å². The van der Waals surface area contributed by atoms with E-state index in [-0.39, 0.29) is 5.91 Å². The van der Waals surface area contributed by atoms with Crippen LogP contribution < -0.4 is 20.5 Å². The van der Waals surface area contributed by atoms with E-state index in [1.807, 2.05) is 6.20 Å². The standard InChI is InChI=1S/C19H24N4O3S/c20-19-22-11-15(27-19)12-23-5-3-13(4-6-23)10-21-18(24)14-1-2-16-17(9-14)26-8-7-25-16/h1-2,9,11,13H,3-8,10,12H2,(H2,20,22)(H,21,24). The van der Waals surface area contributed by atoms with Crippen LogP contribution in [0.4, 0.5) is 5.13 Å². The Bertz CT molecular complexity index is 802. The van der Waals surface area contributed by atoms with Crippen LogP contribution in [0, 0.1) is 5.92 Å². The predicted molar refractivity (Wildman–Crippen MR) is 104 cm³/mol. The number of thiazole rings is 1. The minimum Gasteiger partial charge on any atom is -0.486 e. The van der Waals surface area contributed by atoms with Crippen molar-refractivity contribution in [2.45, 2.75) is 19.4 Å². The van der Waals surface area contributed by atoms with E-state index in [9.17, 15) is 4.79 Å². The van der Waals surface area contributed by atoms with Gasteiger partial charge in [0, 0.05) is 29.7 Å². The normalized spacial score (nSPS) is 17.6. The van der Waals surface area contributed by atoms with Gasteiger partial charge in [0.05, 0.1) is 0 Å². The van der Waals surface area contributed by atoms with Crippen molar-refractivity contribution in [3.05, 3.63) is 34.8 Å². The molecule has 0 aliphatic carbocycles. The van der Waals surface area contributed by atoms with E-state index in [0.29, 0.717) is 47.9 Å². The molecule has 0 unspecified atom stereocenters. The SMILES string of the molecule is Nc1ncc(CN2CCC(CNC(=O)c3ccc4c(c3)OCCO4)CC2)s1. The third-order valence-corrected chi connectivity index (χ3v) is 5.82. The number of fused-ring (bicyclic) bond motifs is 1. The van der Waals surface area contributed by atoms with Gasteiger partial charge in [-0.15, -0.1) is 11.3 Å². The summed E-state index contributed by atoms with van der Waals surface area (Å²) in [5, 5.41) is 3.69. The molecule has 7 nitrogen and oxygen atoms in total. The van der Waals surface area contributed by atoms with Gasteiger partial charge >= 0.3 is 0 Å². The van der Waals surface area contributed by atoms with Crippen molar-refractivity contribution in [1.29, 1.82) is 0 Å². The van der Waals surface area contributed by atoms with Gasteiger partial charge in [-0.05, 0) is 50.0 Å². The van der Waals surface area contributed by atoms with E-state index in [4.69, 9.17) is 15.2 Å². The Balaban J connectivity index is 1.23. The molecular weight excluding hydrogens is 364 g/mol. The Labute approximate surface area is 162 Å². The summed E-state index contributed by atoms with van der Waals surface area (Å²) in [5.74, 6) is 1.79. The molecule has 0 spiro atoms. The maximum Gasteiger partial charge on any atom is 0.251 e. The number of anilines is 1. The number of piperidine rings is 1. The van der Waals surface area contributed by atoms with Crippen LogP contribution >= 0.6 is 11.3 Å². The molecule has 2 aliphatic heterocycles. The number of aromatic nitrogens is 1. The molecule has 8 heteroatoms. The smallest absolute Gasteiger partial charge is 0.251 e. The molecule has 1 aromatic heterocycles. The lowest BCUT2D eigenvalue weighted by Gasteiger charge is -2.31. The van der Waals surface area contributed by atoms with Gasteiger partial charge in [0.15, 0.2) is 16.6 Å². The Morgan fingerprint density at radius 2 is 2.04 bits per heavy atom. The predicted octanol–water partition coefficient (Wildman–Crippen LogP) is 2.14. The fourth-order valence-electron chi connectivity index (χ4n) is 3.49. The average Bonchev–Trinajstić information content (AvgIpc) is 3.11. The zero-order valence-corrected chi connectivity index (χ0v) is 16.0. The molecule has 1 saturated heterocycles. The second-order valence-corrected chi connectivity index (χ2v) is 8.10. The van der Waals surface area contributed by atoms with Gasteiger partial charge in [0.25, 0.3) is 5.91 Å². The van der Waals surface area contributed by atoms with Crippen molar-refractivity contribution in [3.63, 3.8) is 0 Å². The quantitative estimate of drug-likeness (QED) is 0.816. The lowest BCUT2D eigenvalue weighted by Crippen LogP contribution is -2.38. The number of rotatable bonds is 5. The van der Waals surface area contributed by atoms with E-state index in [2.05, 4.69) is 15.2 Å². The van der Waals surface area contributed by atoms with Gasteiger partial charge in [0.1, 0.15) is 13.2 Å². The van der Waals surface area contributed by atoms with Crippen molar-refractivity contribution < 1.29 is 14.3 Å². The van der Waals surface area contributed by atoms with Crippen molar-refractivity contribution in [3.8, 4) is 11.5 Å². The Kier molecular flexibility index (Phi) is 5.45. The van der Waals surface area contributed by atoms with Crippen LogP contribution in [0.15, 0.2) is 24.4 Å². The number of carbonyl (C=O) groups excluding carboxylic acids is 1.